The average Bonchev–Trinajstić information content (AvgIpc) is 2.38. The quantitative estimate of drug-likeness (QED) is 0.742. The largest absolute Gasteiger partial charge is 0.330 e. The van der Waals surface area contributed by atoms with Crippen LogP contribution in [0.5, 0.6) is 0 Å². The van der Waals surface area contributed by atoms with Gasteiger partial charge >= 0.3 is 0 Å². The summed E-state index contributed by atoms with van der Waals surface area (Å²) in [5.41, 5.74) is 6.46. The van der Waals surface area contributed by atoms with Crippen LogP contribution in [0.2, 0.25) is 0 Å². The molecule has 0 aromatic heterocycles. The fraction of sp³-hybridized carbons (Fsp3) is 0.533. The Labute approximate surface area is 110 Å². The first-order valence-corrected chi connectivity index (χ1v) is 6.81. The summed E-state index contributed by atoms with van der Waals surface area (Å²) in [6.45, 7) is 2.89. The molecule has 0 heterocycles. The van der Waals surface area contributed by atoms with Crippen molar-refractivity contribution >= 4 is 11.6 Å². The molecule has 1 unspecified atom stereocenters. The van der Waals surface area contributed by atoms with E-state index >= 15 is 0 Å². The third-order valence-electron chi connectivity index (χ3n) is 3.11. The van der Waals surface area contributed by atoms with Crippen molar-refractivity contribution in [2.24, 2.45) is 11.7 Å². The van der Waals surface area contributed by atoms with Gasteiger partial charge in [-0.25, -0.2) is 0 Å². The van der Waals surface area contributed by atoms with Crippen LogP contribution in [0.4, 0.5) is 5.69 Å². The average molecular weight is 248 g/mol. The Morgan fingerprint density at radius 2 is 1.94 bits per heavy atom. The zero-order valence-corrected chi connectivity index (χ0v) is 11.2. The lowest BCUT2D eigenvalue weighted by Gasteiger charge is -2.14. The molecule has 0 saturated heterocycles. The first-order chi connectivity index (χ1) is 8.76. The van der Waals surface area contributed by atoms with E-state index in [4.69, 9.17) is 5.73 Å². The predicted octanol–water partition coefficient (Wildman–Crippen LogP) is 3.17. The monoisotopic (exact) mass is 248 g/mol. The van der Waals surface area contributed by atoms with Crippen molar-refractivity contribution in [2.75, 3.05) is 11.9 Å². The molecule has 1 amide bonds. The van der Waals surface area contributed by atoms with E-state index in [1.54, 1.807) is 0 Å². The molecule has 100 valence electrons. The van der Waals surface area contributed by atoms with Gasteiger partial charge in [0, 0.05) is 12.1 Å². The molecular formula is C15H24N2O. The summed E-state index contributed by atoms with van der Waals surface area (Å²) >= 11 is 0. The summed E-state index contributed by atoms with van der Waals surface area (Å²) in [6.07, 6.45) is 4.86. The number of benzene rings is 1. The number of carbonyl (C=O) groups is 1. The van der Waals surface area contributed by atoms with E-state index in [0.717, 1.165) is 31.4 Å². The van der Waals surface area contributed by atoms with Gasteiger partial charge in [-0.05, 0) is 37.4 Å². The smallest absolute Gasteiger partial charge is 0.224 e. The molecule has 0 aliphatic heterocycles. The molecule has 1 aromatic rings. The van der Waals surface area contributed by atoms with Crippen LogP contribution in [0.25, 0.3) is 0 Å². The van der Waals surface area contributed by atoms with Crippen molar-refractivity contribution in [1.29, 1.82) is 0 Å². The van der Waals surface area contributed by atoms with Crippen molar-refractivity contribution in [3.8, 4) is 0 Å². The lowest BCUT2D eigenvalue weighted by molar-refractivity contribution is -0.116. The molecule has 0 aliphatic rings. The second-order valence-corrected chi connectivity index (χ2v) is 4.68. The van der Waals surface area contributed by atoms with Crippen LogP contribution in [0.1, 0.15) is 39.0 Å². The number of amides is 1. The minimum Gasteiger partial charge on any atom is -0.330 e. The van der Waals surface area contributed by atoms with Crippen molar-refractivity contribution in [3.05, 3.63) is 30.3 Å². The number of anilines is 1. The number of nitrogens with one attached hydrogen (secondary N) is 1. The maximum absolute atomic E-state index is 11.8. The standard InChI is InChI=1S/C15H24N2O/c1-2-6-13(11-12-16)9-10-15(18)17-14-7-4-3-5-8-14/h3-5,7-8,13H,2,6,9-12,16H2,1H3,(H,17,18). The molecule has 3 heteroatoms. The van der Waals surface area contributed by atoms with Crippen LogP contribution >= 0.6 is 0 Å². The molecule has 0 aliphatic carbocycles. The van der Waals surface area contributed by atoms with E-state index in [9.17, 15) is 4.79 Å². The normalized spacial score (nSPS) is 12.1. The van der Waals surface area contributed by atoms with Crippen LogP contribution in [0, 0.1) is 5.92 Å². The highest BCUT2D eigenvalue weighted by Gasteiger charge is 2.10. The minimum atomic E-state index is 0.0966. The summed E-state index contributed by atoms with van der Waals surface area (Å²) in [5, 5.41) is 2.91. The summed E-state index contributed by atoms with van der Waals surface area (Å²) in [6, 6.07) is 9.59. The number of hydrogen-bond acceptors (Lipinski definition) is 2. The van der Waals surface area contributed by atoms with Gasteiger partial charge < -0.3 is 11.1 Å². The summed E-state index contributed by atoms with van der Waals surface area (Å²) in [4.78, 5) is 11.8. The van der Waals surface area contributed by atoms with E-state index in [1.807, 2.05) is 30.3 Å². The van der Waals surface area contributed by atoms with Gasteiger partial charge in [0.05, 0.1) is 0 Å². The van der Waals surface area contributed by atoms with E-state index in [-0.39, 0.29) is 5.91 Å². The predicted molar refractivity (Wildman–Crippen MR) is 76.4 cm³/mol. The SMILES string of the molecule is CCCC(CCN)CCC(=O)Nc1ccccc1. The van der Waals surface area contributed by atoms with Crippen molar-refractivity contribution in [1.82, 2.24) is 0 Å². The molecule has 0 radical (unpaired) electrons. The Bertz CT molecular complexity index is 332. The van der Waals surface area contributed by atoms with Gasteiger partial charge in [0.25, 0.3) is 0 Å². The minimum absolute atomic E-state index is 0.0966. The molecule has 0 bridgehead atoms. The molecular weight excluding hydrogens is 224 g/mol. The summed E-state index contributed by atoms with van der Waals surface area (Å²) < 4.78 is 0. The molecule has 0 fully saturated rings. The van der Waals surface area contributed by atoms with E-state index in [2.05, 4.69) is 12.2 Å². The van der Waals surface area contributed by atoms with Gasteiger partial charge in [-0.1, -0.05) is 38.0 Å². The van der Waals surface area contributed by atoms with Crippen LogP contribution in [-0.4, -0.2) is 12.5 Å². The van der Waals surface area contributed by atoms with Gasteiger partial charge in [0.15, 0.2) is 0 Å². The second-order valence-electron chi connectivity index (χ2n) is 4.68. The molecule has 1 atom stereocenters. The molecule has 0 spiro atoms. The van der Waals surface area contributed by atoms with Gasteiger partial charge in [0.1, 0.15) is 0 Å². The Kier molecular flexibility index (Phi) is 7.11. The van der Waals surface area contributed by atoms with Crippen LogP contribution in [0.15, 0.2) is 30.3 Å². The van der Waals surface area contributed by atoms with Crippen molar-refractivity contribution < 1.29 is 4.79 Å². The summed E-state index contributed by atoms with van der Waals surface area (Å²) in [5.74, 6) is 0.681. The third-order valence-corrected chi connectivity index (χ3v) is 3.11. The second kappa shape index (κ2) is 8.70. The molecule has 18 heavy (non-hydrogen) atoms. The Morgan fingerprint density at radius 3 is 2.56 bits per heavy atom. The molecule has 0 saturated carbocycles. The van der Waals surface area contributed by atoms with Gasteiger partial charge in [-0.3, -0.25) is 4.79 Å². The lowest BCUT2D eigenvalue weighted by atomic mass is 9.94. The van der Waals surface area contributed by atoms with Gasteiger partial charge in [0.2, 0.25) is 5.91 Å². The highest BCUT2D eigenvalue weighted by Crippen LogP contribution is 2.17. The van der Waals surface area contributed by atoms with Gasteiger partial charge in [-0.2, -0.15) is 0 Å². The van der Waals surface area contributed by atoms with Gasteiger partial charge in [-0.15, -0.1) is 0 Å². The Balaban J connectivity index is 2.31. The van der Waals surface area contributed by atoms with Crippen LogP contribution in [0.3, 0.4) is 0 Å². The fourth-order valence-electron chi connectivity index (χ4n) is 2.16. The number of hydrogen-bond donors (Lipinski definition) is 2. The maximum Gasteiger partial charge on any atom is 0.224 e. The van der Waals surface area contributed by atoms with Crippen molar-refractivity contribution in [3.63, 3.8) is 0 Å². The Morgan fingerprint density at radius 1 is 1.22 bits per heavy atom. The first kappa shape index (κ1) is 14.7. The van der Waals surface area contributed by atoms with Crippen LogP contribution < -0.4 is 11.1 Å². The van der Waals surface area contributed by atoms with E-state index < -0.39 is 0 Å². The zero-order valence-electron chi connectivity index (χ0n) is 11.2. The number of carbonyl (C=O) groups excluding carboxylic acids is 1. The molecule has 1 rings (SSSR count). The number of para-hydroxylation sites is 1. The molecule has 1 aromatic carbocycles. The lowest BCUT2D eigenvalue weighted by Crippen LogP contribution is -2.15. The molecule has 3 nitrogen and oxygen atoms in total. The fourth-order valence-corrected chi connectivity index (χ4v) is 2.16. The first-order valence-electron chi connectivity index (χ1n) is 6.81. The zero-order chi connectivity index (χ0) is 13.2. The van der Waals surface area contributed by atoms with E-state index in [1.165, 1.54) is 0 Å². The third kappa shape index (κ3) is 5.82. The Hall–Kier alpha value is -1.35. The maximum atomic E-state index is 11.8. The van der Waals surface area contributed by atoms with Crippen molar-refractivity contribution in [2.45, 2.75) is 39.0 Å². The highest BCUT2D eigenvalue weighted by atomic mass is 16.1. The number of nitrogens with two attached hydrogens (primary N) is 1. The molecule has 3 N–H and O–H groups in total. The topological polar surface area (TPSA) is 55.1 Å². The summed E-state index contributed by atoms with van der Waals surface area (Å²) in [7, 11) is 0. The van der Waals surface area contributed by atoms with E-state index in [0.29, 0.717) is 18.9 Å². The van der Waals surface area contributed by atoms with Crippen LogP contribution in [-0.2, 0) is 4.79 Å². The number of rotatable bonds is 8. The highest BCUT2D eigenvalue weighted by molar-refractivity contribution is 5.90.